The van der Waals surface area contributed by atoms with E-state index in [0.717, 1.165) is 29.7 Å². The smallest absolute Gasteiger partial charge is 0.253 e. The molecule has 0 atom stereocenters. The molecular weight excluding hydrogens is 375 g/mol. The van der Waals surface area contributed by atoms with E-state index >= 15 is 0 Å². The van der Waals surface area contributed by atoms with E-state index in [9.17, 15) is 4.79 Å². The molecule has 0 radical (unpaired) electrons. The normalized spacial score (nSPS) is 17.0. The maximum atomic E-state index is 12.4. The summed E-state index contributed by atoms with van der Waals surface area (Å²) in [6, 6.07) is 6.05. The molecule has 1 aliphatic rings. The van der Waals surface area contributed by atoms with E-state index in [1.807, 2.05) is 17.0 Å². The zero-order valence-corrected chi connectivity index (χ0v) is 14.1. The molecule has 104 valence electrons. The van der Waals surface area contributed by atoms with Gasteiger partial charge in [0.05, 0.1) is 5.02 Å². The van der Waals surface area contributed by atoms with Crippen molar-refractivity contribution in [2.75, 3.05) is 26.2 Å². The van der Waals surface area contributed by atoms with Gasteiger partial charge in [0.15, 0.2) is 0 Å². The summed E-state index contributed by atoms with van der Waals surface area (Å²) >= 11 is 8.24. The van der Waals surface area contributed by atoms with E-state index in [2.05, 4.69) is 41.3 Å². The van der Waals surface area contributed by atoms with E-state index in [1.165, 1.54) is 0 Å². The van der Waals surface area contributed by atoms with Crippen molar-refractivity contribution >= 4 is 40.1 Å². The van der Waals surface area contributed by atoms with Gasteiger partial charge >= 0.3 is 0 Å². The van der Waals surface area contributed by atoms with E-state index in [1.54, 1.807) is 6.07 Å². The van der Waals surface area contributed by atoms with Gasteiger partial charge in [-0.2, -0.15) is 0 Å². The Bertz CT molecular complexity index is 471. The number of nitrogens with zero attached hydrogens (tertiary/aromatic N) is 2. The molecule has 0 saturated carbocycles. The first kappa shape index (κ1) is 15.1. The highest BCUT2D eigenvalue weighted by Gasteiger charge is 2.23. The second kappa shape index (κ2) is 6.41. The molecule has 0 aromatic heterocycles. The van der Waals surface area contributed by atoms with E-state index in [4.69, 9.17) is 11.6 Å². The van der Waals surface area contributed by atoms with Crippen molar-refractivity contribution in [2.24, 2.45) is 0 Å². The highest BCUT2D eigenvalue weighted by Crippen LogP contribution is 2.21. The third-order valence-electron chi connectivity index (χ3n) is 3.50. The highest BCUT2D eigenvalue weighted by atomic mass is 127. The third kappa shape index (κ3) is 3.61. The zero-order valence-electron chi connectivity index (χ0n) is 11.2. The van der Waals surface area contributed by atoms with Crippen LogP contribution in [0.15, 0.2) is 18.2 Å². The Morgan fingerprint density at radius 2 is 1.89 bits per heavy atom. The summed E-state index contributed by atoms with van der Waals surface area (Å²) < 4.78 is 0.973. The predicted octanol–water partition coefficient (Wildman–Crippen LogP) is 3.11. The van der Waals surface area contributed by atoms with Crippen LogP contribution in [0, 0.1) is 3.57 Å². The van der Waals surface area contributed by atoms with Crippen molar-refractivity contribution in [3.8, 4) is 0 Å². The number of benzene rings is 1. The molecular formula is C14H18ClIN2O. The molecule has 0 spiro atoms. The second-order valence-electron chi connectivity index (χ2n) is 5.05. The monoisotopic (exact) mass is 392 g/mol. The number of rotatable bonds is 2. The number of hydrogen-bond acceptors (Lipinski definition) is 2. The van der Waals surface area contributed by atoms with Crippen LogP contribution in [-0.4, -0.2) is 47.9 Å². The van der Waals surface area contributed by atoms with E-state index in [-0.39, 0.29) is 5.91 Å². The highest BCUT2D eigenvalue weighted by molar-refractivity contribution is 14.1. The minimum atomic E-state index is 0.0849. The second-order valence-corrected chi connectivity index (χ2v) is 6.62. The van der Waals surface area contributed by atoms with Crippen molar-refractivity contribution < 1.29 is 4.79 Å². The summed E-state index contributed by atoms with van der Waals surface area (Å²) in [5, 5.41) is 0.646. The quantitative estimate of drug-likeness (QED) is 0.722. The lowest BCUT2D eigenvalue weighted by Gasteiger charge is -2.37. The maximum absolute atomic E-state index is 12.4. The lowest BCUT2D eigenvalue weighted by atomic mass is 10.1. The Balaban J connectivity index is 2.03. The molecule has 1 saturated heterocycles. The fourth-order valence-electron chi connectivity index (χ4n) is 2.25. The van der Waals surface area contributed by atoms with Crippen molar-refractivity contribution in [2.45, 2.75) is 19.9 Å². The minimum Gasteiger partial charge on any atom is -0.336 e. The zero-order chi connectivity index (χ0) is 14.0. The lowest BCUT2D eigenvalue weighted by Crippen LogP contribution is -2.50. The van der Waals surface area contributed by atoms with Gasteiger partial charge in [0.1, 0.15) is 0 Å². The molecule has 0 unspecified atom stereocenters. The molecule has 19 heavy (non-hydrogen) atoms. The van der Waals surface area contributed by atoms with Crippen LogP contribution in [0.2, 0.25) is 5.02 Å². The third-order valence-corrected chi connectivity index (χ3v) is 5.07. The summed E-state index contributed by atoms with van der Waals surface area (Å²) in [6.07, 6.45) is 0. The summed E-state index contributed by atoms with van der Waals surface area (Å²) in [5.41, 5.74) is 0.684. The van der Waals surface area contributed by atoms with Gasteiger partial charge in [0, 0.05) is 41.4 Å². The molecule has 1 heterocycles. The van der Waals surface area contributed by atoms with Crippen LogP contribution < -0.4 is 0 Å². The molecule has 0 N–H and O–H groups in total. The molecule has 3 nitrogen and oxygen atoms in total. The number of carbonyl (C=O) groups excluding carboxylic acids is 1. The molecule has 1 amide bonds. The topological polar surface area (TPSA) is 23.6 Å². The summed E-state index contributed by atoms with van der Waals surface area (Å²) in [4.78, 5) is 16.7. The fraction of sp³-hybridized carbons (Fsp3) is 0.500. The maximum Gasteiger partial charge on any atom is 0.253 e. The Hall–Kier alpha value is -0.330. The molecule has 1 aromatic carbocycles. The van der Waals surface area contributed by atoms with Crippen LogP contribution in [0.1, 0.15) is 24.2 Å². The fourth-order valence-corrected chi connectivity index (χ4v) is 2.77. The van der Waals surface area contributed by atoms with Gasteiger partial charge in [-0.25, -0.2) is 0 Å². The van der Waals surface area contributed by atoms with Crippen LogP contribution in [-0.2, 0) is 0 Å². The van der Waals surface area contributed by atoms with Crippen LogP contribution >= 0.6 is 34.2 Å². The molecule has 0 aliphatic carbocycles. The molecule has 5 heteroatoms. The average Bonchev–Trinajstić information content (AvgIpc) is 2.41. The number of piperazine rings is 1. The Morgan fingerprint density at radius 1 is 1.26 bits per heavy atom. The van der Waals surface area contributed by atoms with Crippen LogP contribution in [0.3, 0.4) is 0 Å². The molecule has 2 rings (SSSR count). The van der Waals surface area contributed by atoms with Gasteiger partial charge < -0.3 is 4.90 Å². The van der Waals surface area contributed by atoms with Gasteiger partial charge in [0.2, 0.25) is 0 Å². The Morgan fingerprint density at radius 3 is 2.42 bits per heavy atom. The van der Waals surface area contributed by atoms with Gasteiger partial charge in [-0.3, -0.25) is 9.69 Å². The standard InChI is InChI=1S/C14H18ClIN2O/c1-10(2)17-5-7-18(8-6-17)14(19)11-3-4-13(16)12(15)9-11/h3-4,9-10H,5-8H2,1-2H3. The summed E-state index contributed by atoms with van der Waals surface area (Å²) in [7, 11) is 0. The van der Waals surface area contributed by atoms with E-state index in [0.29, 0.717) is 16.6 Å². The first-order valence-electron chi connectivity index (χ1n) is 6.47. The molecule has 1 fully saturated rings. The number of carbonyl (C=O) groups is 1. The van der Waals surface area contributed by atoms with Crippen LogP contribution in [0.5, 0.6) is 0 Å². The summed E-state index contributed by atoms with van der Waals surface area (Å²) in [5.74, 6) is 0.0849. The largest absolute Gasteiger partial charge is 0.336 e. The van der Waals surface area contributed by atoms with E-state index < -0.39 is 0 Å². The Labute approximate surface area is 133 Å². The van der Waals surface area contributed by atoms with Crippen LogP contribution in [0.4, 0.5) is 0 Å². The van der Waals surface area contributed by atoms with Gasteiger partial charge in [-0.1, -0.05) is 11.6 Å². The van der Waals surface area contributed by atoms with Crippen molar-refractivity contribution in [3.05, 3.63) is 32.4 Å². The number of hydrogen-bond donors (Lipinski definition) is 0. The molecule has 1 aliphatic heterocycles. The summed E-state index contributed by atoms with van der Waals surface area (Å²) in [6.45, 7) is 7.86. The first-order valence-corrected chi connectivity index (χ1v) is 7.93. The Kier molecular flexibility index (Phi) is 5.09. The average molecular weight is 393 g/mol. The number of amides is 1. The predicted molar refractivity (Wildman–Crippen MR) is 86.8 cm³/mol. The van der Waals surface area contributed by atoms with Gasteiger partial charge in [-0.05, 0) is 54.6 Å². The molecule has 0 bridgehead atoms. The SMILES string of the molecule is CC(C)N1CCN(C(=O)c2ccc(I)c(Cl)c2)CC1. The van der Waals surface area contributed by atoms with Gasteiger partial charge in [0.25, 0.3) is 5.91 Å². The lowest BCUT2D eigenvalue weighted by molar-refractivity contribution is 0.0595. The van der Waals surface area contributed by atoms with Gasteiger partial charge in [-0.15, -0.1) is 0 Å². The van der Waals surface area contributed by atoms with Crippen LogP contribution in [0.25, 0.3) is 0 Å². The van der Waals surface area contributed by atoms with Crippen molar-refractivity contribution in [3.63, 3.8) is 0 Å². The van der Waals surface area contributed by atoms with Crippen molar-refractivity contribution in [1.29, 1.82) is 0 Å². The minimum absolute atomic E-state index is 0.0849. The van der Waals surface area contributed by atoms with Crippen molar-refractivity contribution in [1.82, 2.24) is 9.80 Å². The number of halogens is 2. The molecule has 1 aromatic rings. The first-order chi connectivity index (χ1) is 8.99.